The molecule has 8 nitrogen and oxygen atoms in total. The number of nitrogens with zero attached hydrogens (tertiary/aromatic N) is 1. The van der Waals surface area contributed by atoms with Crippen molar-refractivity contribution in [1.29, 1.82) is 0 Å². The molecule has 156 valence electrons. The molecule has 9 heteroatoms. The summed E-state index contributed by atoms with van der Waals surface area (Å²) in [5.41, 5.74) is 1.04. The fraction of sp³-hybridized carbons (Fsp3) is 0.190. The number of ether oxygens (including phenoxy) is 3. The number of urea groups is 1. The van der Waals surface area contributed by atoms with Gasteiger partial charge in [0.25, 0.3) is 5.91 Å². The lowest BCUT2D eigenvalue weighted by Gasteiger charge is -2.13. The summed E-state index contributed by atoms with van der Waals surface area (Å²) in [5, 5.41) is 2.72. The highest BCUT2D eigenvalue weighted by atomic mass is 35.5. The summed E-state index contributed by atoms with van der Waals surface area (Å²) >= 11 is 6.28. The van der Waals surface area contributed by atoms with Crippen LogP contribution in [0.2, 0.25) is 5.02 Å². The molecular formula is C21H19ClN2O6. The minimum Gasteiger partial charge on any atom is -0.493 e. The van der Waals surface area contributed by atoms with E-state index in [-0.39, 0.29) is 35.4 Å². The van der Waals surface area contributed by atoms with Gasteiger partial charge in [-0.3, -0.25) is 4.79 Å². The molecule has 0 aliphatic carbocycles. The molecule has 1 heterocycles. The number of hydrogen-bond donors (Lipinski definition) is 1. The summed E-state index contributed by atoms with van der Waals surface area (Å²) < 4.78 is 15.5. The average molecular weight is 431 g/mol. The Morgan fingerprint density at radius 2 is 1.93 bits per heavy atom. The molecule has 0 spiro atoms. The Morgan fingerprint density at radius 3 is 2.60 bits per heavy atom. The number of esters is 1. The maximum atomic E-state index is 12.7. The van der Waals surface area contributed by atoms with Crippen molar-refractivity contribution in [1.82, 2.24) is 5.32 Å². The van der Waals surface area contributed by atoms with E-state index >= 15 is 0 Å². The van der Waals surface area contributed by atoms with Crippen molar-refractivity contribution >= 4 is 41.3 Å². The highest BCUT2D eigenvalue weighted by Gasteiger charge is 2.34. The Kier molecular flexibility index (Phi) is 6.58. The van der Waals surface area contributed by atoms with Crippen LogP contribution in [0.4, 0.5) is 10.5 Å². The second kappa shape index (κ2) is 9.32. The van der Waals surface area contributed by atoms with Crippen molar-refractivity contribution in [2.45, 2.75) is 6.92 Å². The summed E-state index contributed by atoms with van der Waals surface area (Å²) in [5.74, 6) is -0.608. The van der Waals surface area contributed by atoms with Gasteiger partial charge in [0, 0.05) is 0 Å². The van der Waals surface area contributed by atoms with Gasteiger partial charge in [0.2, 0.25) is 0 Å². The van der Waals surface area contributed by atoms with Crippen LogP contribution in [0.5, 0.6) is 11.5 Å². The zero-order valence-corrected chi connectivity index (χ0v) is 17.1. The second-order valence-electron chi connectivity index (χ2n) is 6.09. The number of para-hydroxylation sites is 1. The van der Waals surface area contributed by atoms with Gasteiger partial charge in [-0.25, -0.2) is 14.5 Å². The van der Waals surface area contributed by atoms with Crippen LogP contribution in [0, 0.1) is 0 Å². The monoisotopic (exact) mass is 430 g/mol. The normalized spacial score (nSPS) is 14.6. The Hall–Kier alpha value is -3.52. The van der Waals surface area contributed by atoms with E-state index in [1.165, 1.54) is 19.3 Å². The first-order valence-electron chi connectivity index (χ1n) is 9.02. The van der Waals surface area contributed by atoms with Crippen molar-refractivity contribution in [3.8, 4) is 11.5 Å². The molecule has 0 saturated carbocycles. The highest BCUT2D eigenvalue weighted by molar-refractivity contribution is 6.32. The van der Waals surface area contributed by atoms with E-state index in [9.17, 15) is 14.4 Å². The van der Waals surface area contributed by atoms with Crippen molar-refractivity contribution in [2.24, 2.45) is 0 Å². The third-order valence-corrected chi connectivity index (χ3v) is 4.38. The van der Waals surface area contributed by atoms with Crippen molar-refractivity contribution in [3.63, 3.8) is 0 Å². The van der Waals surface area contributed by atoms with Gasteiger partial charge >= 0.3 is 12.0 Å². The Morgan fingerprint density at radius 1 is 1.20 bits per heavy atom. The standard InChI is InChI=1S/C21H19ClN2O6/c1-3-29-18(25)12-30-19-15(22)9-13(11-17(19)28-2)10-16-20(26)24(21(27)23-16)14-7-5-4-6-8-14/h4-11H,3,12H2,1-2H3,(H,23,27)/b16-10-. The molecule has 1 aliphatic rings. The molecule has 2 aromatic rings. The Labute approximate surface area is 178 Å². The molecule has 0 atom stereocenters. The molecule has 2 aromatic carbocycles. The second-order valence-corrected chi connectivity index (χ2v) is 6.50. The van der Waals surface area contributed by atoms with Crippen molar-refractivity contribution < 1.29 is 28.6 Å². The predicted octanol–water partition coefficient (Wildman–Crippen LogP) is 3.39. The SMILES string of the molecule is CCOC(=O)COc1c(Cl)cc(/C=C2\NC(=O)N(c3ccccc3)C2=O)cc1OC. The summed E-state index contributed by atoms with van der Waals surface area (Å²) in [4.78, 5) is 37.5. The number of nitrogens with one attached hydrogen (secondary N) is 1. The van der Waals surface area contributed by atoms with Gasteiger partial charge in [0.1, 0.15) is 5.70 Å². The number of carbonyl (C=O) groups excluding carboxylic acids is 3. The number of carbonyl (C=O) groups is 3. The molecule has 30 heavy (non-hydrogen) atoms. The lowest BCUT2D eigenvalue weighted by Crippen LogP contribution is -2.30. The first-order valence-corrected chi connectivity index (χ1v) is 9.40. The third kappa shape index (κ3) is 4.55. The van der Waals surface area contributed by atoms with E-state index in [1.54, 1.807) is 43.3 Å². The fourth-order valence-corrected chi connectivity index (χ4v) is 3.08. The van der Waals surface area contributed by atoms with E-state index in [1.807, 2.05) is 0 Å². The number of rotatable bonds is 7. The van der Waals surface area contributed by atoms with Gasteiger partial charge in [-0.15, -0.1) is 0 Å². The number of amides is 3. The van der Waals surface area contributed by atoms with Gasteiger partial charge in [-0.2, -0.15) is 0 Å². The van der Waals surface area contributed by atoms with Crippen molar-refractivity contribution in [3.05, 3.63) is 58.7 Å². The fourth-order valence-electron chi connectivity index (χ4n) is 2.81. The topological polar surface area (TPSA) is 94.2 Å². The molecule has 3 amide bonds. The number of halogens is 1. The molecule has 1 fully saturated rings. The predicted molar refractivity (Wildman–Crippen MR) is 111 cm³/mol. The van der Waals surface area contributed by atoms with E-state index in [4.69, 9.17) is 25.8 Å². The first kappa shape index (κ1) is 21.2. The van der Waals surface area contributed by atoms with E-state index in [2.05, 4.69) is 5.32 Å². The number of imide groups is 1. The van der Waals surface area contributed by atoms with Crippen LogP contribution >= 0.6 is 11.6 Å². The number of benzene rings is 2. The zero-order chi connectivity index (χ0) is 21.7. The van der Waals surface area contributed by atoms with Gasteiger partial charge in [0.05, 0.1) is 24.4 Å². The average Bonchev–Trinajstić information content (AvgIpc) is 3.00. The number of hydrogen-bond acceptors (Lipinski definition) is 6. The van der Waals surface area contributed by atoms with Crippen LogP contribution in [0.3, 0.4) is 0 Å². The smallest absolute Gasteiger partial charge is 0.344 e. The molecule has 1 N–H and O–H groups in total. The summed E-state index contributed by atoms with van der Waals surface area (Å²) in [6.07, 6.45) is 1.48. The van der Waals surface area contributed by atoms with Crippen LogP contribution in [0.15, 0.2) is 48.2 Å². The van der Waals surface area contributed by atoms with Crippen LogP contribution in [0.1, 0.15) is 12.5 Å². The first-order chi connectivity index (χ1) is 14.4. The van der Waals surface area contributed by atoms with Crippen LogP contribution in [-0.2, 0) is 14.3 Å². The summed E-state index contributed by atoms with van der Waals surface area (Å²) in [6, 6.07) is 11.1. The van der Waals surface area contributed by atoms with Gasteiger partial charge < -0.3 is 19.5 Å². The third-order valence-electron chi connectivity index (χ3n) is 4.10. The van der Waals surface area contributed by atoms with Crippen LogP contribution < -0.4 is 19.7 Å². The molecule has 3 rings (SSSR count). The Balaban J connectivity index is 1.85. The zero-order valence-electron chi connectivity index (χ0n) is 16.3. The molecule has 0 unspecified atom stereocenters. The maximum absolute atomic E-state index is 12.7. The van der Waals surface area contributed by atoms with Gasteiger partial charge in [-0.05, 0) is 42.8 Å². The van der Waals surface area contributed by atoms with Gasteiger partial charge in [0.15, 0.2) is 18.1 Å². The quantitative estimate of drug-likeness (QED) is 0.411. The van der Waals surface area contributed by atoms with Crippen LogP contribution in [-0.4, -0.2) is 38.2 Å². The van der Waals surface area contributed by atoms with Gasteiger partial charge in [-0.1, -0.05) is 29.8 Å². The lowest BCUT2D eigenvalue weighted by molar-refractivity contribution is -0.145. The molecule has 0 radical (unpaired) electrons. The van der Waals surface area contributed by atoms with E-state index < -0.39 is 17.9 Å². The summed E-state index contributed by atoms with van der Waals surface area (Å²) in [6.45, 7) is 1.60. The number of methoxy groups -OCH3 is 1. The molecule has 0 bridgehead atoms. The molecule has 1 saturated heterocycles. The minimum absolute atomic E-state index is 0.0853. The maximum Gasteiger partial charge on any atom is 0.344 e. The molecule has 0 aromatic heterocycles. The van der Waals surface area contributed by atoms with Crippen molar-refractivity contribution in [2.75, 3.05) is 25.2 Å². The minimum atomic E-state index is -0.551. The van der Waals surface area contributed by atoms with Crippen LogP contribution in [0.25, 0.3) is 6.08 Å². The molecular weight excluding hydrogens is 412 g/mol. The lowest BCUT2D eigenvalue weighted by atomic mass is 10.1. The summed E-state index contributed by atoms with van der Waals surface area (Å²) in [7, 11) is 1.42. The number of anilines is 1. The van der Waals surface area contributed by atoms with E-state index in [0.29, 0.717) is 11.3 Å². The molecule has 1 aliphatic heterocycles. The largest absolute Gasteiger partial charge is 0.493 e. The van der Waals surface area contributed by atoms with E-state index in [0.717, 1.165) is 4.90 Å². The highest BCUT2D eigenvalue weighted by Crippen LogP contribution is 2.37. The Bertz CT molecular complexity index is 1010.